The number of aliphatic hydroxyl groups is 1. The lowest BCUT2D eigenvalue weighted by molar-refractivity contribution is 0.0452. The van der Waals surface area contributed by atoms with Crippen LogP contribution in [0, 0.1) is 20.8 Å². The lowest BCUT2D eigenvalue weighted by atomic mass is 10.0. The normalized spacial score (nSPS) is 19.9. The highest BCUT2D eigenvalue weighted by Crippen LogP contribution is 2.29. The number of amides is 1. The molecule has 1 unspecified atom stereocenters. The zero-order chi connectivity index (χ0) is 13.3. The molecular formula is C14H19NO3. The summed E-state index contributed by atoms with van der Waals surface area (Å²) in [4.78, 5) is 13.6. The number of rotatable bonds is 2. The molecule has 4 heteroatoms. The molecule has 0 radical (unpaired) electrons. The van der Waals surface area contributed by atoms with Gasteiger partial charge in [-0.15, -0.1) is 0 Å². The van der Waals surface area contributed by atoms with Crippen molar-refractivity contribution in [2.75, 3.05) is 18.1 Å². The smallest absolute Gasteiger partial charge is 0.414 e. The maximum absolute atomic E-state index is 11.9. The first kappa shape index (κ1) is 12.9. The van der Waals surface area contributed by atoms with Gasteiger partial charge >= 0.3 is 6.09 Å². The van der Waals surface area contributed by atoms with Gasteiger partial charge in [-0.05, 0) is 31.9 Å². The predicted molar refractivity (Wildman–Crippen MR) is 70.0 cm³/mol. The number of carbonyl (C=O) groups excluding carboxylic acids is 1. The second-order valence-corrected chi connectivity index (χ2v) is 4.88. The number of cyclic esters (lactones) is 1. The summed E-state index contributed by atoms with van der Waals surface area (Å²) in [5.41, 5.74) is 4.27. The van der Waals surface area contributed by atoms with E-state index in [0.717, 1.165) is 16.8 Å². The van der Waals surface area contributed by atoms with E-state index in [2.05, 4.69) is 12.1 Å². The molecule has 0 aromatic heterocycles. The maximum atomic E-state index is 11.9. The number of carbonyl (C=O) groups is 1. The van der Waals surface area contributed by atoms with Crippen molar-refractivity contribution in [2.24, 2.45) is 0 Å². The Labute approximate surface area is 107 Å². The van der Waals surface area contributed by atoms with E-state index in [1.54, 1.807) is 4.90 Å². The van der Waals surface area contributed by atoms with E-state index in [-0.39, 0.29) is 18.8 Å². The molecule has 2 rings (SSSR count). The molecule has 1 fully saturated rings. The van der Waals surface area contributed by atoms with E-state index in [1.807, 2.05) is 20.8 Å². The fourth-order valence-electron chi connectivity index (χ4n) is 2.56. The Bertz CT molecular complexity index is 447. The van der Waals surface area contributed by atoms with Gasteiger partial charge in [-0.1, -0.05) is 17.7 Å². The molecule has 1 aliphatic rings. The van der Waals surface area contributed by atoms with Crippen LogP contribution in [0.25, 0.3) is 0 Å². The zero-order valence-corrected chi connectivity index (χ0v) is 11.1. The molecule has 0 saturated carbocycles. The molecule has 0 spiro atoms. The minimum absolute atomic E-state index is 0.106. The number of hydrogen-bond acceptors (Lipinski definition) is 3. The van der Waals surface area contributed by atoms with Crippen LogP contribution in [-0.4, -0.2) is 30.5 Å². The summed E-state index contributed by atoms with van der Waals surface area (Å²) < 4.78 is 5.18. The predicted octanol–water partition coefficient (Wildman–Crippen LogP) is 2.32. The van der Waals surface area contributed by atoms with Gasteiger partial charge in [0.1, 0.15) is 6.10 Å². The van der Waals surface area contributed by atoms with Crippen molar-refractivity contribution in [1.29, 1.82) is 0 Å². The van der Waals surface area contributed by atoms with E-state index in [4.69, 9.17) is 9.84 Å². The van der Waals surface area contributed by atoms with Crippen molar-refractivity contribution in [1.82, 2.24) is 0 Å². The van der Waals surface area contributed by atoms with Crippen LogP contribution >= 0.6 is 0 Å². The number of ether oxygens (including phenoxy) is 1. The molecule has 1 atom stereocenters. The number of aryl methyl sites for hydroxylation is 3. The fraction of sp³-hybridized carbons (Fsp3) is 0.500. The van der Waals surface area contributed by atoms with Crippen molar-refractivity contribution in [2.45, 2.75) is 33.3 Å². The van der Waals surface area contributed by atoms with Crippen molar-refractivity contribution >= 4 is 11.8 Å². The standard InChI is InChI=1S/C14H19NO3/c1-9-6-10(2)13(11(3)7-9)15-5-4-12(8-16)18-14(15)17/h6-7,12,16H,4-5,8H2,1-3H3. The minimum atomic E-state index is -0.365. The second-order valence-electron chi connectivity index (χ2n) is 4.88. The summed E-state index contributed by atoms with van der Waals surface area (Å²) in [6.45, 7) is 6.53. The number of nitrogens with zero attached hydrogens (tertiary/aromatic N) is 1. The maximum Gasteiger partial charge on any atom is 0.414 e. The van der Waals surface area contributed by atoms with Crippen LogP contribution in [-0.2, 0) is 4.74 Å². The molecule has 4 nitrogen and oxygen atoms in total. The minimum Gasteiger partial charge on any atom is -0.443 e. The van der Waals surface area contributed by atoms with Crippen molar-refractivity contribution in [3.8, 4) is 0 Å². The van der Waals surface area contributed by atoms with Gasteiger partial charge in [0.15, 0.2) is 0 Å². The quantitative estimate of drug-likeness (QED) is 0.875. The van der Waals surface area contributed by atoms with Crippen LogP contribution in [0.5, 0.6) is 0 Å². The molecular weight excluding hydrogens is 230 g/mol. The van der Waals surface area contributed by atoms with Gasteiger partial charge in [0, 0.05) is 13.0 Å². The Balaban J connectivity index is 2.30. The Hall–Kier alpha value is -1.55. The Morgan fingerprint density at radius 1 is 1.33 bits per heavy atom. The van der Waals surface area contributed by atoms with Crippen molar-refractivity contribution in [3.05, 3.63) is 28.8 Å². The van der Waals surface area contributed by atoms with Crippen molar-refractivity contribution in [3.63, 3.8) is 0 Å². The number of aliphatic hydroxyl groups excluding tert-OH is 1. The molecule has 1 aromatic rings. The van der Waals surface area contributed by atoms with Crippen LogP contribution in [0.2, 0.25) is 0 Å². The Kier molecular flexibility index (Phi) is 3.57. The van der Waals surface area contributed by atoms with Gasteiger partial charge in [-0.3, -0.25) is 4.90 Å². The van der Waals surface area contributed by atoms with Gasteiger partial charge < -0.3 is 9.84 Å². The Morgan fingerprint density at radius 3 is 2.44 bits per heavy atom. The van der Waals surface area contributed by atoms with E-state index < -0.39 is 0 Å². The molecule has 1 heterocycles. The fourth-order valence-corrected chi connectivity index (χ4v) is 2.56. The number of anilines is 1. The molecule has 1 amide bonds. The highest BCUT2D eigenvalue weighted by atomic mass is 16.6. The van der Waals surface area contributed by atoms with Crippen LogP contribution in [0.1, 0.15) is 23.1 Å². The summed E-state index contributed by atoms with van der Waals surface area (Å²) in [6.07, 6.45) is -0.0650. The highest BCUT2D eigenvalue weighted by molar-refractivity contribution is 5.90. The van der Waals surface area contributed by atoms with E-state index in [0.29, 0.717) is 13.0 Å². The average Bonchev–Trinajstić information content (AvgIpc) is 2.29. The highest BCUT2D eigenvalue weighted by Gasteiger charge is 2.29. The lowest BCUT2D eigenvalue weighted by Crippen LogP contribution is -2.43. The largest absolute Gasteiger partial charge is 0.443 e. The van der Waals surface area contributed by atoms with E-state index >= 15 is 0 Å². The average molecular weight is 249 g/mol. The molecule has 0 bridgehead atoms. The van der Waals surface area contributed by atoms with E-state index in [9.17, 15) is 4.79 Å². The lowest BCUT2D eigenvalue weighted by Gasteiger charge is -2.32. The summed E-state index contributed by atoms with van der Waals surface area (Å²) in [7, 11) is 0. The first-order valence-electron chi connectivity index (χ1n) is 6.19. The SMILES string of the molecule is Cc1cc(C)c(N2CCC(CO)OC2=O)c(C)c1. The van der Waals surface area contributed by atoms with Gasteiger partial charge in [0.25, 0.3) is 0 Å². The molecule has 18 heavy (non-hydrogen) atoms. The van der Waals surface area contributed by atoms with Crippen LogP contribution in [0.15, 0.2) is 12.1 Å². The first-order valence-corrected chi connectivity index (χ1v) is 6.19. The first-order chi connectivity index (χ1) is 8.52. The van der Waals surface area contributed by atoms with Gasteiger partial charge in [-0.25, -0.2) is 4.79 Å². The second kappa shape index (κ2) is 4.98. The number of hydrogen-bond donors (Lipinski definition) is 1. The van der Waals surface area contributed by atoms with Gasteiger partial charge in [-0.2, -0.15) is 0 Å². The summed E-state index contributed by atoms with van der Waals surface area (Å²) in [5.74, 6) is 0. The summed E-state index contributed by atoms with van der Waals surface area (Å²) >= 11 is 0. The van der Waals surface area contributed by atoms with E-state index in [1.165, 1.54) is 5.56 Å². The summed E-state index contributed by atoms with van der Waals surface area (Å²) in [5, 5.41) is 9.02. The third-order valence-corrected chi connectivity index (χ3v) is 3.27. The molecule has 1 N–H and O–H groups in total. The zero-order valence-electron chi connectivity index (χ0n) is 11.1. The molecule has 98 valence electrons. The van der Waals surface area contributed by atoms with Gasteiger partial charge in [0.2, 0.25) is 0 Å². The molecule has 0 aliphatic carbocycles. The van der Waals surface area contributed by atoms with Crippen molar-refractivity contribution < 1.29 is 14.6 Å². The Morgan fingerprint density at radius 2 is 1.94 bits per heavy atom. The molecule has 1 aliphatic heterocycles. The third kappa shape index (κ3) is 2.34. The van der Waals surface area contributed by atoms with Crippen LogP contribution in [0.3, 0.4) is 0 Å². The number of benzene rings is 1. The third-order valence-electron chi connectivity index (χ3n) is 3.27. The van der Waals surface area contributed by atoms with Crippen LogP contribution < -0.4 is 4.90 Å². The topological polar surface area (TPSA) is 49.8 Å². The van der Waals surface area contributed by atoms with Crippen LogP contribution in [0.4, 0.5) is 10.5 Å². The molecule has 1 saturated heterocycles. The van der Waals surface area contributed by atoms with Gasteiger partial charge in [0.05, 0.1) is 12.3 Å². The molecule has 1 aromatic carbocycles. The monoisotopic (exact) mass is 249 g/mol. The summed E-state index contributed by atoms with van der Waals surface area (Å²) in [6, 6.07) is 4.13.